The third kappa shape index (κ3) is 4.18. The van der Waals surface area contributed by atoms with Crippen LogP contribution in [0.3, 0.4) is 0 Å². The predicted molar refractivity (Wildman–Crippen MR) is 104 cm³/mol. The number of benzene rings is 1. The van der Waals surface area contributed by atoms with Crippen LogP contribution in [0.4, 0.5) is 18.9 Å². The molecule has 0 unspecified atom stereocenters. The molecule has 2 heterocycles. The summed E-state index contributed by atoms with van der Waals surface area (Å²) in [5.74, 6) is 3.76. The Morgan fingerprint density at radius 1 is 1.40 bits per heavy atom. The number of nitrogens with zero attached hydrogens (tertiary/aromatic N) is 2. The highest BCUT2D eigenvalue weighted by Gasteiger charge is 2.49. The molecule has 0 fully saturated rings. The van der Waals surface area contributed by atoms with Crippen LogP contribution < -0.4 is 22.3 Å². The fourth-order valence-corrected chi connectivity index (χ4v) is 3.23. The van der Waals surface area contributed by atoms with Crippen molar-refractivity contribution in [3.8, 4) is 0 Å². The molecule has 3 rings (SSSR count). The van der Waals surface area contributed by atoms with E-state index in [1.807, 2.05) is 0 Å². The zero-order chi connectivity index (χ0) is 22.1. The first kappa shape index (κ1) is 21.8. The molecule has 0 spiro atoms. The van der Waals surface area contributed by atoms with Gasteiger partial charge in [0.1, 0.15) is 11.5 Å². The number of nitrogens with two attached hydrogens (primary N) is 2. The number of aliphatic imine (C=N–C) groups is 1. The number of carbonyl (C=O) groups excluding carboxylic acids is 1. The third-order valence-electron chi connectivity index (χ3n) is 4.56. The smallest absolute Gasteiger partial charge is 0.284 e. The molecule has 1 aromatic carbocycles. The van der Waals surface area contributed by atoms with Crippen LogP contribution in [0.25, 0.3) is 0 Å². The van der Waals surface area contributed by atoms with Gasteiger partial charge < -0.3 is 15.8 Å². The van der Waals surface area contributed by atoms with Gasteiger partial charge in [0, 0.05) is 23.9 Å². The largest absolute Gasteiger partial charge is 0.445 e. The molecule has 1 aliphatic heterocycles. The van der Waals surface area contributed by atoms with Crippen LogP contribution in [-0.4, -0.2) is 29.6 Å². The van der Waals surface area contributed by atoms with Gasteiger partial charge in [-0.25, -0.2) is 28.6 Å². The van der Waals surface area contributed by atoms with Gasteiger partial charge in [-0.2, -0.15) is 0 Å². The second-order valence-electron chi connectivity index (χ2n) is 6.62. The number of pyridine rings is 1. The van der Waals surface area contributed by atoms with Crippen molar-refractivity contribution in [3.63, 3.8) is 0 Å². The SMILES string of the molecule is Cc1cc(NC(=O)c2ccc(Cl)cn2)cc([C@@]2(C(F)F)C[C@@H](NN)OC(N)=N2)c1F. The monoisotopic (exact) mass is 442 g/mol. The lowest BCUT2D eigenvalue weighted by Gasteiger charge is -2.37. The Balaban J connectivity index is 2.04. The molecule has 1 aliphatic rings. The molecule has 6 N–H and O–H groups in total. The number of carbonyl (C=O) groups is 1. The van der Waals surface area contributed by atoms with Gasteiger partial charge in [0.15, 0.2) is 11.8 Å². The van der Waals surface area contributed by atoms with Crippen molar-refractivity contribution >= 4 is 29.2 Å². The molecule has 2 atom stereocenters. The summed E-state index contributed by atoms with van der Waals surface area (Å²) in [5, 5.41) is 2.85. The van der Waals surface area contributed by atoms with Crippen LogP contribution in [0.15, 0.2) is 35.5 Å². The van der Waals surface area contributed by atoms with E-state index in [4.69, 9.17) is 27.9 Å². The van der Waals surface area contributed by atoms with Crippen LogP contribution in [0.2, 0.25) is 5.02 Å². The molecule has 0 aliphatic carbocycles. The Morgan fingerprint density at radius 2 is 2.13 bits per heavy atom. The molecule has 0 saturated heterocycles. The lowest BCUT2D eigenvalue weighted by Crippen LogP contribution is -2.52. The quantitative estimate of drug-likeness (QED) is 0.416. The van der Waals surface area contributed by atoms with Crippen molar-refractivity contribution in [1.29, 1.82) is 0 Å². The summed E-state index contributed by atoms with van der Waals surface area (Å²) in [6, 6.07) is 4.67. The number of aryl methyl sites for hydroxylation is 1. The number of anilines is 1. The summed E-state index contributed by atoms with van der Waals surface area (Å²) >= 11 is 5.75. The lowest BCUT2D eigenvalue weighted by molar-refractivity contribution is -0.00846. The normalized spacial score (nSPS) is 21.2. The second-order valence-corrected chi connectivity index (χ2v) is 7.06. The number of hydrogen-bond acceptors (Lipinski definition) is 7. The number of hydrogen-bond donors (Lipinski definition) is 4. The van der Waals surface area contributed by atoms with E-state index in [2.05, 4.69) is 20.7 Å². The highest BCUT2D eigenvalue weighted by atomic mass is 35.5. The number of halogens is 4. The lowest BCUT2D eigenvalue weighted by atomic mass is 9.84. The summed E-state index contributed by atoms with van der Waals surface area (Å²) in [7, 11) is 0. The molecule has 30 heavy (non-hydrogen) atoms. The highest BCUT2D eigenvalue weighted by molar-refractivity contribution is 6.30. The standard InChI is InChI=1S/C18H18ClF3N6O2/c1-8-4-10(26-15(29)12-3-2-9(19)7-25-12)5-11(14(8)20)18(16(21)22)6-13(28-24)30-17(23)27-18/h2-5,7,13,16,28H,6,24H2,1H3,(H2,23,27)(H,26,29)/t13-,18+/m0/s1. The van der Waals surface area contributed by atoms with E-state index in [-0.39, 0.29) is 16.9 Å². The molecular weight excluding hydrogens is 425 g/mol. The summed E-state index contributed by atoms with van der Waals surface area (Å²) in [5.41, 5.74) is 5.03. The van der Waals surface area contributed by atoms with Crippen LogP contribution >= 0.6 is 11.6 Å². The highest BCUT2D eigenvalue weighted by Crippen LogP contribution is 2.42. The number of aromatic nitrogens is 1. The zero-order valence-corrected chi connectivity index (χ0v) is 16.4. The Labute approximate surface area is 174 Å². The van der Waals surface area contributed by atoms with E-state index in [1.165, 1.54) is 31.3 Å². The zero-order valence-electron chi connectivity index (χ0n) is 15.6. The average Bonchev–Trinajstić information content (AvgIpc) is 2.70. The van der Waals surface area contributed by atoms with E-state index in [0.29, 0.717) is 5.02 Å². The number of amidine groups is 1. The number of ether oxygens (including phenoxy) is 1. The maximum atomic E-state index is 15.0. The molecule has 0 saturated carbocycles. The predicted octanol–water partition coefficient (Wildman–Crippen LogP) is 2.42. The molecule has 1 amide bonds. The van der Waals surface area contributed by atoms with Gasteiger partial charge >= 0.3 is 0 Å². The summed E-state index contributed by atoms with van der Waals surface area (Å²) in [4.78, 5) is 20.0. The van der Waals surface area contributed by atoms with Gasteiger partial charge in [-0.3, -0.25) is 10.6 Å². The molecule has 0 bridgehead atoms. The first-order valence-corrected chi connectivity index (χ1v) is 9.04. The van der Waals surface area contributed by atoms with Gasteiger partial charge in [0.25, 0.3) is 18.4 Å². The Kier molecular flexibility index (Phi) is 6.15. The summed E-state index contributed by atoms with van der Waals surface area (Å²) in [6.07, 6.45) is -3.47. The van der Waals surface area contributed by atoms with E-state index < -0.39 is 47.9 Å². The number of nitrogens with one attached hydrogen (secondary N) is 2. The van der Waals surface area contributed by atoms with Crippen LogP contribution in [0.1, 0.15) is 28.0 Å². The summed E-state index contributed by atoms with van der Waals surface area (Å²) in [6.45, 7) is 1.37. The fourth-order valence-electron chi connectivity index (χ4n) is 3.12. The van der Waals surface area contributed by atoms with Gasteiger partial charge in [-0.15, -0.1) is 0 Å². The molecule has 1 aromatic heterocycles. The molecule has 12 heteroatoms. The molecular formula is C18H18ClF3N6O2. The van der Waals surface area contributed by atoms with Crippen molar-refractivity contribution in [1.82, 2.24) is 10.4 Å². The fraction of sp³-hybridized carbons (Fsp3) is 0.278. The first-order valence-electron chi connectivity index (χ1n) is 8.66. The Hall–Kier alpha value is -2.89. The molecule has 8 nitrogen and oxygen atoms in total. The van der Waals surface area contributed by atoms with Gasteiger partial charge in [0.2, 0.25) is 0 Å². The third-order valence-corrected chi connectivity index (χ3v) is 4.78. The van der Waals surface area contributed by atoms with E-state index in [1.54, 1.807) is 0 Å². The van der Waals surface area contributed by atoms with Gasteiger partial charge in [-0.1, -0.05) is 11.6 Å². The van der Waals surface area contributed by atoms with E-state index in [9.17, 15) is 18.0 Å². The topological polar surface area (TPSA) is 128 Å². The van der Waals surface area contributed by atoms with Crippen molar-refractivity contribution < 1.29 is 22.7 Å². The van der Waals surface area contributed by atoms with Crippen molar-refractivity contribution in [3.05, 3.63) is 58.1 Å². The summed E-state index contributed by atoms with van der Waals surface area (Å²) < 4.78 is 48.4. The van der Waals surface area contributed by atoms with E-state index in [0.717, 1.165) is 6.07 Å². The maximum absolute atomic E-state index is 15.0. The maximum Gasteiger partial charge on any atom is 0.284 e. The minimum Gasteiger partial charge on any atom is -0.445 e. The number of rotatable bonds is 5. The molecule has 2 aromatic rings. The van der Waals surface area contributed by atoms with Crippen molar-refractivity contribution in [2.24, 2.45) is 16.6 Å². The Bertz CT molecular complexity index is 989. The number of amides is 1. The van der Waals surface area contributed by atoms with Gasteiger partial charge in [0.05, 0.1) is 5.02 Å². The van der Waals surface area contributed by atoms with Crippen LogP contribution in [0.5, 0.6) is 0 Å². The minimum absolute atomic E-state index is 0.0180. The van der Waals surface area contributed by atoms with Gasteiger partial charge in [-0.05, 0) is 36.8 Å². The minimum atomic E-state index is -3.14. The molecule has 0 radical (unpaired) electrons. The van der Waals surface area contributed by atoms with Crippen LogP contribution in [0, 0.1) is 12.7 Å². The van der Waals surface area contributed by atoms with Crippen LogP contribution in [-0.2, 0) is 10.3 Å². The average molecular weight is 443 g/mol. The second kappa shape index (κ2) is 8.46. The first-order chi connectivity index (χ1) is 14.2. The Morgan fingerprint density at radius 3 is 2.73 bits per heavy atom. The van der Waals surface area contributed by atoms with Crippen molar-refractivity contribution in [2.75, 3.05) is 5.32 Å². The number of alkyl halides is 2. The van der Waals surface area contributed by atoms with Crippen molar-refractivity contribution in [2.45, 2.75) is 31.5 Å². The molecule has 160 valence electrons. The van der Waals surface area contributed by atoms with E-state index >= 15 is 0 Å². The number of hydrazine groups is 1.